The van der Waals surface area contributed by atoms with Crippen molar-refractivity contribution in [2.24, 2.45) is 5.16 Å². The van der Waals surface area contributed by atoms with Crippen molar-refractivity contribution < 1.29 is 18.4 Å². The van der Waals surface area contributed by atoms with Gasteiger partial charge in [0.25, 0.3) is 5.91 Å². The van der Waals surface area contributed by atoms with Crippen molar-refractivity contribution in [3.8, 4) is 0 Å². The van der Waals surface area contributed by atoms with E-state index in [2.05, 4.69) is 5.16 Å². The lowest BCUT2D eigenvalue weighted by molar-refractivity contribution is 0.0387. The smallest absolute Gasteiger partial charge is 0.289 e. The average Bonchev–Trinajstić information content (AvgIpc) is 3.41. The van der Waals surface area contributed by atoms with Crippen LogP contribution in [-0.2, 0) is 11.4 Å². The Labute approximate surface area is 172 Å². The van der Waals surface area contributed by atoms with Crippen molar-refractivity contribution in [1.82, 2.24) is 4.90 Å². The van der Waals surface area contributed by atoms with Crippen LogP contribution in [-0.4, -0.2) is 29.2 Å². The summed E-state index contributed by atoms with van der Waals surface area (Å²) in [4.78, 5) is 20.1. The van der Waals surface area contributed by atoms with Crippen LogP contribution in [0.2, 0.25) is 5.02 Å². The van der Waals surface area contributed by atoms with Crippen LogP contribution >= 0.6 is 11.6 Å². The second-order valence-corrected chi connectivity index (χ2v) is 7.14. The van der Waals surface area contributed by atoms with Crippen molar-refractivity contribution >= 4 is 23.2 Å². The molecule has 1 atom stereocenters. The Morgan fingerprint density at radius 3 is 2.66 bits per heavy atom. The lowest BCUT2D eigenvalue weighted by Gasteiger charge is -2.24. The molecule has 0 aliphatic carbocycles. The summed E-state index contributed by atoms with van der Waals surface area (Å²) in [6.45, 7) is 0.615. The van der Waals surface area contributed by atoms with Crippen LogP contribution in [0.1, 0.15) is 28.1 Å². The van der Waals surface area contributed by atoms with Crippen LogP contribution in [0.4, 0.5) is 4.39 Å². The summed E-state index contributed by atoms with van der Waals surface area (Å²) >= 11 is 6.28. The van der Waals surface area contributed by atoms with Gasteiger partial charge in [-0.1, -0.05) is 47.1 Å². The number of halogens is 2. The molecule has 1 aliphatic heterocycles. The third-order valence-corrected chi connectivity index (χ3v) is 5.04. The molecule has 0 spiro atoms. The van der Waals surface area contributed by atoms with E-state index in [1.54, 1.807) is 35.2 Å². The molecule has 0 saturated carbocycles. The molecule has 0 radical (unpaired) electrons. The van der Waals surface area contributed by atoms with Gasteiger partial charge in [0.15, 0.2) is 11.9 Å². The Hall–Kier alpha value is -3.12. The molecule has 1 aromatic heterocycles. The van der Waals surface area contributed by atoms with E-state index in [1.165, 1.54) is 18.4 Å². The predicted molar refractivity (Wildman–Crippen MR) is 107 cm³/mol. The zero-order valence-corrected chi connectivity index (χ0v) is 16.2. The average molecular weight is 413 g/mol. The van der Waals surface area contributed by atoms with Gasteiger partial charge in [0.1, 0.15) is 5.82 Å². The highest BCUT2D eigenvalue weighted by atomic mass is 35.5. The summed E-state index contributed by atoms with van der Waals surface area (Å²) in [5.41, 5.74) is 2.34. The van der Waals surface area contributed by atoms with Crippen molar-refractivity contribution in [2.45, 2.75) is 19.1 Å². The third-order valence-electron chi connectivity index (χ3n) is 4.67. The van der Waals surface area contributed by atoms with Crippen molar-refractivity contribution in [3.63, 3.8) is 0 Å². The second kappa shape index (κ2) is 8.49. The van der Waals surface area contributed by atoms with Gasteiger partial charge in [-0.25, -0.2) is 4.39 Å². The first kappa shape index (κ1) is 19.2. The summed E-state index contributed by atoms with van der Waals surface area (Å²) in [6, 6.07) is 16.8. The van der Waals surface area contributed by atoms with Crippen LogP contribution in [0.15, 0.2) is 76.5 Å². The Morgan fingerprint density at radius 2 is 1.93 bits per heavy atom. The largest absolute Gasteiger partial charge is 0.459 e. The molecule has 29 heavy (non-hydrogen) atoms. The predicted octanol–water partition coefficient (Wildman–Crippen LogP) is 4.91. The molecule has 2 heterocycles. The number of hydrogen-bond acceptors (Lipinski definition) is 4. The topological polar surface area (TPSA) is 55.0 Å². The number of rotatable bonds is 6. The Kier molecular flexibility index (Phi) is 5.62. The summed E-state index contributed by atoms with van der Waals surface area (Å²) in [7, 11) is 0. The fourth-order valence-electron chi connectivity index (χ4n) is 3.19. The van der Waals surface area contributed by atoms with Gasteiger partial charge < -0.3 is 14.2 Å². The second-order valence-electron chi connectivity index (χ2n) is 6.73. The summed E-state index contributed by atoms with van der Waals surface area (Å²) < 4.78 is 18.4. The van der Waals surface area contributed by atoms with E-state index in [9.17, 15) is 9.18 Å². The maximum absolute atomic E-state index is 13.2. The number of oxime groups is 1. The van der Waals surface area contributed by atoms with Gasteiger partial charge in [-0.05, 0) is 41.5 Å². The van der Waals surface area contributed by atoms with Gasteiger partial charge in [0.2, 0.25) is 0 Å². The minimum atomic E-state index is -0.323. The molecule has 1 amide bonds. The molecule has 4 rings (SSSR count). The van der Waals surface area contributed by atoms with E-state index in [-0.39, 0.29) is 23.6 Å². The van der Waals surface area contributed by atoms with Crippen LogP contribution in [0.25, 0.3) is 0 Å². The van der Waals surface area contributed by atoms with Crippen LogP contribution < -0.4 is 0 Å². The van der Waals surface area contributed by atoms with E-state index in [0.717, 1.165) is 16.8 Å². The minimum Gasteiger partial charge on any atom is -0.459 e. The maximum Gasteiger partial charge on any atom is 0.289 e. The molecule has 7 heteroatoms. The summed E-state index contributed by atoms with van der Waals surface area (Å²) in [5, 5.41) is 4.71. The van der Waals surface area contributed by atoms with E-state index < -0.39 is 0 Å². The first-order valence-corrected chi connectivity index (χ1v) is 9.53. The first-order chi connectivity index (χ1) is 14.1. The van der Waals surface area contributed by atoms with E-state index in [0.29, 0.717) is 24.5 Å². The monoisotopic (exact) mass is 412 g/mol. The van der Waals surface area contributed by atoms with E-state index >= 15 is 0 Å². The van der Waals surface area contributed by atoms with Gasteiger partial charge in [0, 0.05) is 18.0 Å². The molecule has 0 N–H and O–H groups in total. The lowest BCUT2D eigenvalue weighted by Crippen LogP contribution is -2.37. The molecular weight excluding hydrogens is 395 g/mol. The molecule has 2 aromatic carbocycles. The van der Waals surface area contributed by atoms with E-state index in [1.807, 2.05) is 18.2 Å². The summed E-state index contributed by atoms with van der Waals surface area (Å²) in [6.07, 6.45) is 1.65. The Morgan fingerprint density at radius 1 is 1.14 bits per heavy atom. The number of nitrogens with zero attached hydrogens (tertiary/aromatic N) is 2. The first-order valence-electron chi connectivity index (χ1n) is 9.15. The van der Waals surface area contributed by atoms with Gasteiger partial charge >= 0.3 is 0 Å². The Balaban J connectivity index is 1.49. The van der Waals surface area contributed by atoms with Crippen molar-refractivity contribution in [3.05, 3.63) is 94.7 Å². The molecular formula is C22H18ClFN2O3. The molecule has 0 fully saturated rings. The fourth-order valence-corrected chi connectivity index (χ4v) is 3.39. The van der Waals surface area contributed by atoms with Crippen LogP contribution in [0.5, 0.6) is 0 Å². The lowest BCUT2D eigenvalue weighted by atomic mass is 10.0. The standard InChI is InChI=1S/C22H18ClFN2O3/c23-19-5-2-1-4-16(19)13-26(22(27)21-6-3-11-28-21)14-18-12-20(25-29-18)15-7-9-17(24)10-8-15/h1-11,18H,12-14H2/t18-/m1/s1. The number of benzene rings is 2. The van der Waals surface area contributed by atoms with Crippen molar-refractivity contribution in [2.75, 3.05) is 6.54 Å². The maximum atomic E-state index is 13.2. The molecule has 3 aromatic rings. The molecule has 5 nitrogen and oxygen atoms in total. The van der Waals surface area contributed by atoms with Crippen LogP contribution in [0.3, 0.4) is 0 Å². The number of carbonyl (C=O) groups is 1. The van der Waals surface area contributed by atoms with E-state index in [4.69, 9.17) is 20.9 Å². The SMILES string of the molecule is O=C(c1ccco1)N(Cc1ccccc1Cl)C[C@H]1CC(c2ccc(F)cc2)=NO1. The number of furan rings is 1. The molecule has 0 unspecified atom stereocenters. The third kappa shape index (κ3) is 4.49. The molecule has 1 aliphatic rings. The summed E-state index contributed by atoms with van der Waals surface area (Å²) in [5.74, 6) is -0.316. The van der Waals surface area contributed by atoms with Gasteiger partial charge in [-0.2, -0.15) is 0 Å². The zero-order chi connectivity index (χ0) is 20.2. The minimum absolute atomic E-state index is 0.245. The zero-order valence-electron chi connectivity index (χ0n) is 15.4. The van der Waals surface area contributed by atoms with Crippen molar-refractivity contribution in [1.29, 1.82) is 0 Å². The highest BCUT2D eigenvalue weighted by molar-refractivity contribution is 6.31. The van der Waals surface area contributed by atoms with Gasteiger partial charge in [-0.15, -0.1) is 0 Å². The van der Waals surface area contributed by atoms with Crippen LogP contribution in [0, 0.1) is 5.82 Å². The number of hydrogen-bond donors (Lipinski definition) is 0. The molecule has 148 valence electrons. The highest BCUT2D eigenvalue weighted by Crippen LogP contribution is 2.22. The fraction of sp³-hybridized carbons (Fsp3) is 0.182. The molecule has 0 saturated heterocycles. The highest BCUT2D eigenvalue weighted by Gasteiger charge is 2.28. The van der Waals surface area contributed by atoms with Gasteiger partial charge in [0.05, 0.1) is 18.5 Å². The quantitative estimate of drug-likeness (QED) is 0.578. The Bertz CT molecular complexity index is 1020. The number of amides is 1. The normalized spacial score (nSPS) is 15.7. The van der Waals surface area contributed by atoms with Gasteiger partial charge in [-0.3, -0.25) is 4.79 Å². The molecule has 0 bridgehead atoms. The number of carbonyl (C=O) groups excluding carboxylic acids is 1.